The van der Waals surface area contributed by atoms with Gasteiger partial charge in [0.1, 0.15) is 11.5 Å². The van der Waals surface area contributed by atoms with Gasteiger partial charge in [0.2, 0.25) is 0 Å². The number of halogens is 2. The third-order valence-corrected chi connectivity index (χ3v) is 3.26. The van der Waals surface area contributed by atoms with E-state index in [1.54, 1.807) is 12.1 Å². The summed E-state index contributed by atoms with van der Waals surface area (Å²) in [4.78, 5) is 11.8. The second kappa shape index (κ2) is 6.47. The Morgan fingerprint density at radius 3 is 2.48 bits per heavy atom. The van der Waals surface area contributed by atoms with Gasteiger partial charge in [-0.1, -0.05) is 35.3 Å². The molecule has 7 heteroatoms. The van der Waals surface area contributed by atoms with Crippen molar-refractivity contribution in [3.8, 4) is 11.5 Å². The number of hydrazone groups is 1. The van der Waals surface area contributed by atoms with Gasteiger partial charge >= 0.3 is 0 Å². The number of carbonyl (C=O) groups is 1. The summed E-state index contributed by atoms with van der Waals surface area (Å²) in [5.74, 6) is -0.986. The van der Waals surface area contributed by atoms with Crippen LogP contribution in [0.1, 0.15) is 15.9 Å². The molecule has 108 valence electrons. The van der Waals surface area contributed by atoms with E-state index in [2.05, 4.69) is 10.5 Å². The lowest BCUT2D eigenvalue weighted by Gasteiger charge is -2.04. The SMILES string of the molecule is O=C(NN=Cc1c(Cl)ccc(Cl)c1O)c1ccccc1O. The number of phenols is 2. The molecular formula is C14H10Cl2N2O3. The van der Waals surface area contributed by atoms with Crippen LogP contribution in [0.3, 0.4) is 0 Å². The number of amides is 1. The Hall–Kier alpha value is -2.24. The molecule has 2 aromatic rings. The fourth-order valence-electron chi connectivity index (χ4n) is 1.56. The number of nitrogens with one attached hydrogen (secondary N) is 1. The first-order valence-corrected chi connectivity index (χ1v) is 6.54. The summed E-state index contributed by atoms with van der Waals surface area (Å²) in [6, 6.07) is 8.98. The van der Waals surface area contributed by atoms with Crippen LogP contribution < -0.4 is 5.43 Å². The summed E-state index contributed by atoms with van der Waals surface area (Å²) in [5.41, 5.74) is 2.48. The number of hydrogen-bond donors (Lipinski definition) is 3. The number of aromatic hydroxyl groups is 2. The van der Waals surface area contributed by atoms with E-state index in [0.717, 1.165) is 0 Å². The molecule has 0 atom stereocenters. The molecule has 0 aliphatic rings. The first-order valence-electron chi connectivity index (χ1n) is 5.79. The lowest BCUT2D eigenvalue weighted by Crippen LogP contribution is -2.17. The van der Waals surface area contributed by atoms with Crippen molar-refractivity contribution in [2.75, 3.05) is 0 Å². The van der Waals surface area contributed by atoms with Crippen LogP contribution in [0.25, 0.3) is 0 Å². The van der Waals surface area contributed by atoms with Gasteiger partial charge < -0.3 is 10.2 Å². The number of phenolic OH excluding ortho intramolecular Hbond substituents is 2. The molecule has 3 N–H and O–H groups in total. The third-order valence-electron chi connectivity index (χ3n) is 2.62. The van der Waals surface area contributed by atoms with Crippen LogP contribution in [0.5, 0.6) is 11.5 Å². The minimum Gasteiger partial charge on any atom is -0.507 e. The maximum atomic E-state index is 11.8. The molecule has 2 rings (SSSR count). The highest BCUT2D eigenvalue weighted by Crippen LogP contribution is 2.31. The van der Waals surface area contributed by atoms with Crippen LogP contribution in [-0.4, -0.2) is 22.3 Å². The van der Waals surface area contributed by atoms with Gasteiger partial charge in [-0.25, -0.2) is 5.43 Å². The van der Waals surface area contributed by atoms with Gasteiger partial charge in [-0.05, 0) is 24.3 Å². The van der Waals surface area contributed by atoms with E-state index in [9.17, 15) is 15.0 Å². The maximum Gasteiger partial charge on any atom is 0.275 e. The van der Waals surface area contributed by atoms with Crippen molar-refractivity contribution < 1.29 is 15.0 Å². The molecule has 0 bridgehead atoms. The number of rotatable bonds is 3. The molecule has 0 heterocycles. The summed E-state index contributed by atoms with van der Waals surface area (Å²) in [6.07, 6.45) is 1.17. The Bertz CT molecular complexity index is 717. The number of para-hydroxylation sites is 1. The van der Waals surface area contributed by atoms with Crippen LogP contribution in [0.2, 0.25) is 10.0 Å². The Balaban J connectivity index is 2.15. The molecule has 0 radical (unpaired) electrons. The lowest BCUT2D eigenvalue weighted by atomic mass is 10.2. The molecule has 21 heavy (non-hydrogen) atoms. The highest BCUT2D eigenvalue weighted by molar-refractivity contribution is 6.36. The average Bonchev–Trinajstić information content (AvgIpc) is 2.47. The van der Waals surface area contributed by atoms with E-state index in [4.69, 9.17) is 23.2 Å². The number of carbonyl (C=O) groups excluding carboxylic acids is 1. The van der Waals surface area contributed by atoms with Crippen molar-refractivity contribution in [3.63, 3.8) is 0 Å². The molecule has 0 saturated heterocycles. The molecular weight excluding hydrogens is 315 g/mol. The van der Waals surface area contributed by atoms with Crippen molar-refractivity contribution in [3.05, 3.63) is 57.6 Å². The van der Waals surface area contributed by atoms with E-state index in [1.165, 1.54) is 30.5 Å². The zero-order chi connectivity index (χ0) is 15.4. The van der Waals surface area contributed by atoms with Gasteiger partial charge in [-0.2, -0.15) is 5.10 Å². The van der Waals surface area contributed by atoms with Gasteiger partial charge in [0.05, 0.1) is 27.4 Å². The van der Waals surface area contributed by atoms with Gasteiger partial charge in [0.25, 0.3) is 5.91 Å². The highest BCUT2D eigenvalue weighted by Gasteiger charge is 2.10. The Kier molecular flexibility index (Phi) is 4.67. The second-order valence-electron chi connectivity index (χ2n) is 4.01. The molecule has 0 fully saturated rings. The Morgan fingerprint density at radius 1 is 1.10 bits per heavy atom. The predicted octanol–water partition coefficient (Wildman–Crippen LogP) is 3.17. The first kappa shape index (κ1) is 15.2. The van der Waals surface area contributed by atoms with Crippen LogP contribution >= 0.6 is 23.2 Å². The normalized spacial score (nSPS) is 10.8. The first-order chi connectivity index (χ1) is 10.0. The molecule has 0 aliphatic heterocycles. The smallest absolute Gasteiger partial charge is 0.275 e. The van der Waals surface area contributed by atoms with Crippen molar-refractivity contribution in [2.45, 2.75) is 0 Å². The van der Waals surface area contributed by atoms with Crippen molar-refractivity contribution in [1.82, 2.24) is 5.43 Å². The van der Waals surface area contributed by atoms with E-state index >= 15 is 0 Å². The van der Waals surface area contributed by atoms with E-state index < -0.39 is 5.91 Å². The van der Waals surface area contributed by atoms with Gasteiger partial charge in [0, 0.05) is 0 Å². The molecule has 0 saturated carbocycles. The fraction of sp³-hybridized carbons (Fsp3) is 0. The van der Waals surface area contributed by atoms with Gasteiger partial charge in [0.15, 0.2) is 0 Å². The standard InChI is InChI=1S/C14H10Cl2N2O3/c15-10-5-6-11(16)13(20)9(10)7-17-18-14(21)8-3-1-2-4-12(8)19/h1-7,19-20H,(H,18,21). The maximum absolute atomic E-state index is 11.8. The summed E-state index contributed by atoms with van der Waals surface area (Å²) in [5, 5.41) is 23.3. The van der Waals surface area contributed by atoms with E-state index in [0.29, 0.717) is 0 Å². The molecule has 0 spiro atoms. The molecule has 5 nitrogen and oxygen atoms in total. The van der Waals surface area contributed by atoms with E-state index in [-0.39, 0.29) is 32.7 Å². The summed E-state index contributed by atoms with van der Waals surface area (Å²) >= 11 is 11.6. The van der Waals surface area contributed by atoms with Crippen molar-refractivity contribution in [2.24, 2.45) is 5.10 Å². The second-order valence-corrected chi connectivity index (χ2v) is 4.82. The predicted molar refractivity (Wildman–Crippen MR) is 81.3 cm³/mol. The molecule has 0 unspecified atom stereocenters. The molecule has 0 aliphatic carbocycles. The molecule has 0 aromatic heterocycles. The Labute approximate surface area is 130 Å². The topological polar surface area (TPSA) is 81.9 Å². The van der Waals surface area contributed by atoms with Crippen molar-refractivity contribution >= 4 is 35.3 Å². The largest absolute Gasteiger partial charge is 0.507 e. The van der Waals surface area contributed by atoms with Crippen LogP contribution in [0.15, 0.2) is 41.5 Å². The summed E-state index contributed by atoms with van der Waals surface area (Å²) in [6.45, 7) is 0. The van der Waals surface area contributed by atoms with E-state index in [1.807, 2.05) is 0 Å². The van der Waals surface area contributed by atoms with Crippen molar-refractivity contribution in [1.29, 1.82) is 0 Å². The zero-order valence-corrected chi connectivity index (χ0v) is 12.1. The summed E-state index contributed by atoms with van der Waals surface area (Å²) in [7, 11) is 0. The Morgan fingerprint density at radius 2 is 1.76 bits per heavy atom. The monoisotopic (exact) mass is 324 g/mol. The van der Waals surface area contributed by atoms with Crippen LogP contribution in [-0.2, 0) is 0 Å². The van der Waals surface area contributed by atoms with Crippen LogP contribution in [0, 0.1) is 0 Å². The zero-order valence-electron chi connectivity index (χ0n) is 10.5. The lowest BCUT2D eigenvalue weighted by molar-refractivity contribution is 0.0952. The number of hydrogen-bond acceptors (Lipinski definition) is 4. The highest BCUT2D eigenvalue weighted by atomic mass is 35.5. The number of benzene rings is 2. The quantitative estimate of drug-likeness (QED) is 0.599. The molecule has 2 aromatic carbocycles. The van der Waals surface area contributed by atoms with Gasteiger partial charge in [-0.15, -0.1) is 0 Å². The summed E-state index contributed by atoms with van der Waals surface area (Å²) < 4.78 is 0. The third kappa shape index (κ3) is 3.45. The minimum atomic E-state index is -0.595. The fourth-order valence-corrected chi connectivity index (χ4v) is 1.93. The van der Waals surface area contributed by atoms with Gasteiger partial charge in [-0.3, -0.25) is 4.79 Å². The minimum absolute atomic E-state index is 0.0797. The average molecular weight is 325 g/mol. The molecule has 1 amide bonds. The number of nitrogens with zero attached hydrogens (tertiary/aromatic N) is 1. The van der Waals surface area contributed by atoms with Crippen LogP contribution in [0.4, 0.5) is 0 Å².